The SMILES string of the molecule is CCCCCCCCCCC(N)C(F)F. The van der Waals surface area contributed by atoms with Gasteiger partial charge < -0.3 is 5.73 Å². The van der Waals surface area contributed by atoms with Gasteiger partial charge in [-0.05, 0) is 6.42 Å². The molecule has 3 heteroatoms. The van der Waals surface area contributed by atoms with E-state index in [-0.39, 0.29) is 0 Å². The minimum Gasteiger partial charge on any atom is -0.323 e. The van der Waals surface area contributed by atoms with Crippen LogP contribution in [0.1, 0.15) is 64.7 Å². The average molecular weight is 221 g/mol. The molecule has 0 saturated carbocycles. The van der Waals surface area contributed by atoms with E-state index in [4.69, 9.17) is 5.73 Å². The second kappa shape index (κ2) is 10.3. The number of unbranched alkanes of at least 4 members (excludes halogenated alkanes) is 7. The summed E-state index contributed by atoms with van der Waals surface area (Å²) in [5.41, 5.74) is 5.25. The van der Waals surface area contributed by atoms with Crippen LogP contribution in [0.4, 0.5) is 8.78 Å². The van der Waals surface area contributed by atoms with Crippen molar-refractivity contribution in [3.8, 4) is 0 Å². The van der Waals surface area contributed by atoms with Crippen LogP contribution in [0.15, 0.2) is 0 Å². The number of hydrogen-bond donors (Lipinski definition) is 1. The van der Waals surface area contributed by atoms with Gasteiger partial charge in [-0.2, -0.15) is 0 Å². The van der Waals surface area contributed by atoms with Crippen molar-refractivity contribution < 1.29 is 8.78 Å². The maximum atomic E-state index is 12.0. The second-order valence-electron chi connectivity index (χ2n) is 4.26. The average Bonchev–Trinajstić information content (AvgIpc) is 2.21. The number of hydrogen-bond acceptors (Lipinski definition) is 1. The minimum atomic E-state index is -2.35. The van der Waals surface area contributed by atoms with E-state index in [9.17, 15) is 8.78 Å². The first-order valence-corrected chi connectivity index (χ1v) is 6.22. The molecule has 0 aliphatic carbocycles. The zero-order chi connectivity index (χ0) is 11.5. The summed E-state index contributed by atoms with van der Waals surface area (Å²) in [5, 5.41) is 0. The van der Waals surface area contributed by atoms with Crippen molar-refractivity contribution in [2.45, 2.75) is 77.2 Å². The molecular formula is C12H25F2N. The molecule has 2 N–H and O–H groups in total. The van der Waals surface area contributed by atoms with E-state index < -0.39 is 12.5 Å². The Labute approximate surface area is 92.4 Å². The van der Waals surface area contributed by atoms with E-state index in [0.29, 0.717) is 6.42 Å². The number of rotatable bonds is 10. The van der Waals surface area contributed by atoms with Crippen LogP contribution in [0.3, 0.4) is 0 Å². The molecule has 0 aromatic heterocycles. The zero-order valence-corrected chi connectivity index (χ0v) is 9.85. The maximum Gasteiger partial charge on any atom is 0.253 e. The van der Waals surface area contributed by atoms with Crippen molar-refractivity contribution in [3.63, 3.8) is 0 Å². The fourth-order valence-electron chi connectivity index (χ4n) is 1.64. The molecule has 0 aliphatic rings. The molecule has 0 rings (SSSR count). The lowest BCUT2D eigenvalue weighted by Crippen LogP contribution is -2.28. The fraction of sp³-hybridized carbons (Fsp3) is 1.00. The maximum absolute atomic E-state index is 12.0. The third-order valence-corrected chi connectivity index (χ3v) is 2.71. The lowest BCUT2D eigenvalue weighted by Gasteiger charge is -2.09. The predicted molar refractivity (Wildman–Crippen MR) is 61.2 cm³/mol. The second-order valence-corrected chi connectivity index (χ2v) is 4.26. The third-order valence-electron chi connectivity index (χ3n) is 2.71. The van der Waals surface area contributed by atoms with Gasteiger partial charge in [-0.3, -0.25) is 0 Å². The summed E-state index contributed by atoms with van der Waals surface area (Å²) in [4.78, 5) is 0. The Kier molecular flexibility index (Phi) is 10.2. The van der Waals surface area contributed by atoms with E-state index in [0.717, 1.165) is 12.8 Å². The summed E-state index contributed by atoms with van der Waals surface area (Å²) in [6, 6.07) is -0.912. The highest BCUT2D eigenvalue weighted by Gasteiger charge is 2.13. The van der Waals surface area contributed by atoms with Crippen molar-refractivity contribution in [3.05, 3.63) is 0 Å². The summed E-state index contributed by atoms with van der Waals surface area (Å²) < 4.78 is 24.0. The predicted octanol–water partition coefficient (Wildman–Crippen LogP) is 4.11. The monoisotopic (exact) mass is 221 g/mol. The van der Waals surface area contributed by atoms with E-state index in [1.807, 2.05) is 0 Å². The number of nitrogens with two attached hydrogens (primary N) is 1. The summed E-state index contributed by atoms with van der Waals surface area (Å²) >= 11 is 0. The Balaban J connectivity index is 3.05. The standard InChI is InChI=1S/C12H25F2N/c1-2-3-4-5-6-7-8-9-10-11(15)12(13)14/h11-12H,2-10,15H2,1H3. The lowest BCUT2D eigenvalue weighted by molar-refractivity contribution is 0.111. The largest absolute Gasteiger partial charge is 0.323 e. The van der Waals surface area contributed by atoms with Crippen LogP contribution in [-0.2, 0) is 0 Å². The molecular weight excluding hydrogens is 196 g/mol. The molecule has 0 heterocycles. The number of alkyl halides is 2. The van der Waals surface area contributed by atoms with Crippen LogP contribution >= 0.6 is 0 Å². The van der Waals surface area contributed by atoms with Gasteiger partial charge in [0.25, 0.3) is 6.43 Å². The molecule has 0 radical (unpaired) electrons. The van der Waals surface area contributed by atoms with Gasteiger partial charge in [-0.1, -0.05) is 58.3 Å². The van der Waals surface area contributed by atoms with Gasteiger partial charge in [0.05, 0.1) is 6.04 Å². The van der Waals surface area contributed by atoms with Gasteiger partial charge in [0.2, 0.25) is 0 Å². The Morgan fingerprint density at radius 1 is 0.867 bits per heavy atom. The van der Waals surface area contributed by atoms with Crippen molar-refractivity contribution in [2.24, 2.45) is 5.73 Å². The van der Waals surface area contributed by atoms with Gasteiger partial charge in [-0.25, -0.2) is 8.78 Å². The van der Waals surface area contributed by atoms with Gasteiger partial charge in [0, 0.05) is 0 Å². The molecule has 0 aromatic carbocycles. The normalized spacial score (nSPS) is 13.4. The molecule has 0 spiro atoms. The first-order chi connectivity index (χ1) is 7.18. The quantitative estimate of drug-likeness (QED) is 0.552. The molecule has 0 fully saturated rings. The highest BCUT2D eigenvalue weighted by atomic mass is 19.3. The van der Waals surface area contributed by atoms with E-state index in [1.165, 1.54) is 38.5 Å². The summed E-state index contributed by atoms with van der Waals surface area (Å²) in [7, 11) is 0. The molecule has 1 nitrogen and oxygen atoms in total. The van der Waals surface area contributed by atoms with Gasteiger partial charge >= 0.3 is 0 Å². The van der Waals surface area contributed by atoms with Crippen LogP contribution < -0.4 is 5.73 Å². The minimum absolute atomic E-state index is 0.465. The van der Waals surface area contributed by atoms with Gasteiger partial charge in [0.1, 0.15) is 0 Å². The lowest BCUT2D eigenvalue weighted by atomic mass is 10.1. The van der Waals surface area contributed by atoms with Crippen LogP contribution in [-0.4, -0.2) is 12.5 Å². The molecule has 1 atom stereocenters. The van der Waals surface area contributed by atoms with Crippen LogP contribution in [0.25, 0.3) is 0 Å². The molecule has 0 amide bonds. The molecule has 0 aromatic rings. The van der Waals surface area contributed by atoms with Crippen LogP contribution in [0, 0.1) is 0 Å². The molecule has 0 bridgehead atoms. The Morgan fingerprint density at radius 3 is 1.80 bits per heavy atom. The Morgan fingerprint density at radius 2 is 1.33 bits per heavy atom. The van der Waals surface area contributed by atoms with E-state index in [2.05, 4.69) is 6.92 Å². The molecule has 0 saturated heterocycles. The zero-order valence-electron chi connectivity index (χ0n) is 9.85. The van der Waals surface area contributed by atoms with E-state index >= 15 is 0 Å². The summed E-state index contributed by atoms with van der Waals surface area (Å²) in [6.07, 6.45) is 7.60. The first kappa shape index (κ1) is 14.8. The topological polar surface area (TPSA) is 26.0 Å². The van der Waals surface area contributed by atoms with Crippen molar-refractivity contribution in [1.29, 1.82) is 0 Å². The van der Waals surface area contributed by atoms with Crippen molar-refractivity contribution in [1.82, 2.24) is 0 Å². The molecule has 1 unspecified atom stereocenters. The fourth-order valence-corrected chi connectivity index (χ4v) is 1.64. The smallest absolute Gasteiger partial charge is 0.253 e. The van der Waals surface area contributed by atoms with E-state index in [1.54, 1.807) is 0 Å². The van der Waals surface area contributed by atoms with Gasteiger partial charge in [0.15, 0.2) is 0 Å². The summed E-state index contributed by atoms with van der Waals surface area (Å²) in [5.74, 6) is 0. The van der Waals surface area contributed by atoms with Crippen molar-refractivity contribution >= 4 is 0 Å². The molecule has 0 aliphatic heterocycles. The third kappa shape index (κ3) is 10.1. The number of halogens is 2. The highest BCUT2D eigenvalue weighted by Crippen LogP contribution is 2.12. The van der Waals surface area contributed by atoms with Crippen LogP contribution in [0.5, 0.6) is 0 Å². The molecule has 92 valence electrons. The van der Waals surface area contributed by atoms with Gasteiger partial charge in [-0.15, -0.1) is 0 Å². The Hall–Kier alpha value is -0.180. The van der Waals surface area contributed by atoms with Crippen molar-refractivity contribution in [2.75, 3.05) is 0 Å². The highest BCUT2D eigenvalue weighted by molar-refractivity contribution is 4.63. The molecule has 15 heavy (non-hydrogen) atoms. The van der Waals surface area contributed by atoms with Crippen LogP contribution in [0.2, 0.25) is 0 Å². The summed E-state index contributed by atoms with van der Waals surface area (Å²) in [6.45, 7) is 2.20. The first-order valence-electron chi connectivity index (χ1n) is 6.22. The Bertz CT molecular complexity index is 129.